The van der Waals surface area contributed by atoms with Crippen LogP contribution in [0.4, 0.5) is 0 Å². The number of H-pyrrole nitrogens is 1. The zero-order valence-electron chi connectivity index (χ0n) is 16.2. The highest BCUT2D eigenvalue weighted by Gasteiger charge is 2.18. The van der Waals surface area contributed by atoms with Gasteiger partial charge in [-0.25, -0.2) is 4.79 Å². The molecule has 1 N–H and O–H groups in total. The predicted octanol–water partition coefficient (Wildman–Crippen LogP) is 6.27. The number of fused-ring (bicyclic) bond motifs is 2. The fourth-order valence-electron chi connectivity index (χ4n) is 3.62. The number of aryl methyl sites for hydroxylation is 1. The molecule has 0 saturated carbocycles. The van der Waals surface area contributed by atoms with Crippen molar-refractivity contribution in [3.05, 3.63) is 76.4 Å². The van der Waals surface area contributed by atoms with E-state index in [-0.39, 0.29) is 5.97 Å². The Balaban J connectivity index is 1.51. The van der Waals surface area contributed by atoms with Gasteiger partial charge in [-0.1, -0.05) is 58.4 Å². The molecule has 0 fully saturated rings. The van der Waals surface area contributed by atoms with E-state index in [0.29, 0.717) is 18.9 Å². The highest BCUT2D eigenvalue weighted by molar-refractivity contribution is 9.10. The summed E-state index contributed by atoms with van der Waals surface area (Å²) in [5, 5.41) is 3.32. The normalized spacial score (nSPS) is 11.1. The maximum absolute atomic E-state index is 12.4. The lowest BCUT2D eigenvalue weighted by Gasteiger charge is -2.10. The van der Waals surface area contributed by atoms with E-state index in [1.165, 1.54) is 0 Å². The molecule has 148 valence electrons. The number of hydrogen-bond acceptors (Lipinski definition) is 3. The first-order chi connectivity index (χ1) is 14.2. The van der Waals surface area contributed by atoms with Crippen molar-refractivity contribution >= 4 is 43.6 Å². The molecule has 0 bridgehead atoms. The monoisotopic (exact) mass is 451 g/mol. The minimum atomic E-state index is -0.315. The Bertz CT molecular complexity index is 1160. The van der Waals surface area contributed by atoms with Crippen molar-refractivity contribution in [1.82, 2.24) is 4.98 Å². The number of ether oxygens (including phenoxy) is 2. The van der Waals surface area contributed by atoms with Crippen LogP contribution in [-0.2, 0) is 11.2 Å². The summed E-state index contributed by atoms with van der Waals surface area (Å²) in [4.78, 5) is 15.7. The van der Waals surface area contributed by atoms with Crippen LogP contribution in [0.3, 0.4) is 0 Å². The molecule has 0 unspecified atom stereocenters. The molecule has 0 radical (unpaired) electrons. The highest BCUT2D eigenvalue weighted by Crippen LogP contribution is 2.28. The molecular formula is C24H22BrNO3. The number of nitrogens with one attached hydrogen (secondary N) is 1. The van der Waals surface area contributed by atoms with E-state index in [2.05, 4.69) is 39.1 Å². The average molecular weight is 452 g/mol. The maximum Gasteiger partial charge on any atom is 0.355 e. The molecule has 3 aromatic carbocycles. The van der Waals surface area contributed by atoms with Gasteiger partial charge in [-0.3, -0.25) is 0 Å². The van der Waals surface area contributed by atoms with E-state index in [1.54, 1.807) is 0 Å². The summed E-state index contributed by atoms with van der Waals surface area (Å²) in [5.41, 5.74) is 2.44. The predicted molar refractivity (Wildman–Crippen MR) is 120 cm³/mol. The van der Waals surface area contributed by atoms with Gasteiger partial charge >= 0.3 is 5.97 Å². The molecule has 1 heterocycles. The molecule has 29 heavy (non-hydrogen) atoms. The molecule has 0 aliphatic carbocycles. The highest BCUT2D eigenvalue weighted by atomic mass is 79.9. The van der Waals surface area contributed by atoms with Crippen LogP contribution in [0.25, 0.3) is 21.7 Å². The number of halogens is 1. The zero-order chi connectivity index (χ0) is 20.2. The largest absolute Gasteiger partial charge is 0.493 e. The number of aromatic amines is 1. The molecule has 5 heteroatoms. The minimum Gasteiger partial charge on any atom is -0.493 e. The van der Waals surface area contributed by atoms with Gasteiger partial charge in [-0.2, -0.15) is 0 Å². The average Bonchev–Trinajstić information content (AvgIpc) is 3.09. The molecule has 4 aromatic rings. The first-order valence-electron chi connectivity index (χ1n) is 9.75. The quantitative estimate of drug-likeness (QED) is 0.266. The van der Waals surface area contributed by atoms with Crippen molar-refractivity contribution in [3.8, 4) is 5.75 Å². The maximum atomic E-state index is 12.4. The third kappa shape index (κ3) is 4.15. The van der Waals surface area contributed by atoms with Crippen LogP contribution in [0.5, 0.6) is 5.75 Å². The second-order valence-corrected chi connectivity index (χ2v) is 7.73. The van der Waals surface area contributed by atoms with Crippen molar-refractivity contribution in [2.45, 2.75) is 19.8 Å². The second kappa shape index (κ2) is 8.70. The van der Waals surface area contributed by atoms with Crippen molar-refractivity contribution in [2.75, 3.05) is 13.2 Å². The van der Waals surface area contributed by atoms with Crippen LogP contribution in [0.2, 0.25) is 0 Å². The summed E-state index contributed by atoms with van der Waals surface area (Å²) in [6, 6.07) is 20.3. The van der Waals surface area contributed by atoms with E-state index in [9.17, 15) is 4.79 Å². The molecule has 0 aliphatic heterocycles. The Morgan fingerprint density at radius 1 is 1.03 bits per heavy atom. The number of esters is 1. The van der Waals surface area contributed by atoms with Crippen LogP contribution < -0.4 is 4.74 Å². The van der Waals surface area contributed by atoms with Gasteiger partial charge in [0.25, 0.3) is 0 Å². The lowest BCUT2D eigenvalue weighted by Crippen LogP contribution is -2.09. The molecule has 0 atom stereocenters. The van der Waals surface area contributed by atoms with Crippen molar-refractivity contribution in [2.24, 2.45) is 0 Å². The zero-order valence-corrected chi connectivity index (χ0v) is 17.8. The van der Waals surface area contributed by atoms with Gasteiger partial charge in [0.15, 0.2) is 0 Å². The van der Waals surface area contributed by atoms with Crippen LogP contribution >= 0.6 is 15.9 Å². The van der Waals surface area contributed by atoms with Gasteiger partial charge in [-0.15, -0.1) is 0 Å². The second-order valence-electron chi connectivity index (χ2n) is 6.82. The lowest BCUT2D eigenvalue weighted by molar-refractivity contribution is 0.0519. The van der Waals surface area contributed by atoms with Gasteiger partial charge in [0, 0.05) is 20.8 Å². The fraction of sp³-hybridized carbons (Fsp3) is 0.208. The van der Waals surface area contributed by atoms with Gasteiger partial charge < -0.3 is 14.5 Å². The van der Waals surface area contributed by atoms with Crippen molar-refractivity contribution < 1.29 is 14.3 Å². The summed E-state index contributed by atoms with van der Waals surface area (Å²) < 4.78 is 12.3. The number of aromatic nitrogens is 1. The summed E-state index contributed by atoms with van der Waals surface area (Å²) in [6.07, 6.45) is 1.51. The van der Waals surface area contributed by atoms with Gasteiger partial charge in [0.1, 0.15) is 11.4 Å². The fourth-order valence-corrected chi connectivity index (χ4v) is 3.98. The molecule has 0 aliphatic rings. The standard InChI is InChI=1S/C24H22BrNO3/c1-2-28-24(27)23-20(19-13-12-17(25)15-21(19)26-23)10-6-14-29-22-11-5-8-16-7-3-4-9-18(16)22/h3-5,7-9,11-13,15,26H,2,6,10,14H2,1H3. The van der Waals surface area contributed by atoms with Gasteiger partial charge in [0.05, 0.1) is 13.2 Å². The lowest BCUT2D eigenvalue weighted by atomic mass is 10.1. The molecule has 1 aromatic heterocycles. The Morgan fingerprint density at radius 2 is 1.86 bits per heavy atom. The van der Waals surface area contributed by atoms with Gasteiger partial charge in [-0.05, 0) is 48.9 Å². The number of carbonyl (C=O) groups excluding carboxylic acids is 1. The molecule has 0 amide bonds. The number of hydrogen-bond donors (Lipinski definition) is 1. The van der Waals surface area contributed by atoms with E-state index < -0.39 is 0 Å². The summed E-state index contributed by atoms with van der Waals surface area (Å²) >= 11 is 3.49. The van der Waals surface area contributed by atoms with Crippen LogP contribution in [0, 0.1) is 0 Å². The Morgan fingerprint density at radius 3 is 2.72 bits per heavy atom. The number of rotatable bonds is 7. The third-order valence-electron chi connectivity index (χ3n) is 4.93. The van der Waals surface area contributed by atoms with E-state index in [4.69, 9.17) is 9.47 Å². The summed E-state index contributed by atoms with van der Waals surface area (Å²) in [6.45, 7) is 2.73. The van der Waals surface area contributed by atoms with Gasteiger partial charge in [0.2, 0.25) is 0 Å². The first kappa shape index (κ1) is 19.5. The topological polar surface area (TPSA) is 51.3 Å². The Labute approximate surface area is 178 Å². The first-order valence-corrected chi connectivity index (χ1v) is 10.5. The van der Waals surface area contributed by atoms with Crippen molar-refractivity contribution in [1.29, 1.82) is 0 Å². The SMILES string of the molecule is CCOC(=O)c1[nH]c2cc(Br)ccc2c1CCCOc1cccc2ccccc12. The smallest absolute Gasteiger partial charge is 0.355 e. The molecule has 0 spiro atoms. The number of carbonyl (C=O) groups is 1. The summed E-state index contributed by atoms with van der Waals surface area (Å²) in [5.74, 6) is 0.571. The summed E-state index contributed by atoms with van der Waals surface area (Å²) in [7, 11) is 0. The van der Waals surface area contributed by atoms with Crippen LogP contribution in [-0.4, -0.2) is 24.2 Å². The van der Waals surface area contributed by atoms with E-state index in [1.807, 2.05) is 49.4 Å². The van der Waals surface area contributed by atoms with E-state index >= 15 is 0 Å². The van der Waals surface area contributed by atoms with E-state index in [0.717, 1.165) is 50.3 Å². The Hall–Kier alpha value is -2.79. The number of benzene rings is 3. The van der Waals surface area contributed by atoms with Crippen LogP contribution in [0.15, 0.2) is 65.1 Å². The third-order valence-corrected chi connectivity index (χ3v) is 5.42. The minimum absolute atomic E-state index is 0.315. The molecule has 4 nitrogen and oxygen atoms in total. The van der Waals surface area contributed by atoms with Crippen molar-refractivity contribution in [3.63, 3.8) is 0 Å². The molecule has 4 rings (SSSR count). The van der Waals surface area contributed by atoms with Crippen LogP contribution in [0.1, 0.15) is 29.4 Å². The molecule has 0 saturated heterocycles. The molecular weight excluding hydrogens is 430 g/mol. The Kier molecular flexibility index (Phi) is 5.86.